The molecule has 0 amide bonds. The highest BCUT2D eigenvalue weighted by atomic mass is 32.2. The molecule has 1 fully saturated rings. The van der Waals surface area contributed by atoms with Gasteiger partial charge in [0, 0.05) is 28.6 Å². The van der Waals surface area contributed by atoms with Gasteiger partial charge in [0.05, 0.1) is 12.9 Å². The average molecular weight is 273 g/mol. The van der Waals surface area contributed by atoms with Gasteiger partial charge in [0.2, 0.25) is 0 Å². The summed E-state index contributed by atoms with van der Waals surface area (Å²) in [4.78, 5) is 0. The third-order valence-electron chi connectivity index (χ3n) is 3.19. The molecule has 2 rings (SSSR count). The summed E-state index contributed by atoms with van der Waals surface area (Å²) < 4.78 is 5.52. The van der Waals surface area contributed by atoms with Crippen LogP contribution in [0, 0.1) is 0 Å². The van der Waals surface area contributed by atoms with Crippen molar-refractivity contribution in [1.82, 2.24) is 5.32 Å². The monoisotopic (exact) mass is 273 g/mol. The van der Waals surface area contributed by atoms with Crippen molar-refractivity contribution in [2.45, 2.75) is 37.5 Å². The summed E-state index contributed by atoms with van der Waals surface area (Å²) in [5, 5.41) is 4.46. The van der Waals surface area contributed by atoms with E-state index in [-0.39, 0.29) is 0 Å². The second-order valence-electron chi connectivity index (χ2n) is 4.58. The quantitative estimate of drug-likeness (QED) is 0.831. The van der Waals surface area contributed by atoms with E-state index < -0.39 is 0 Å². The Morgan fingerprint density at radius 2 is 2.47 bits per heavy atom. The molecule has 1 saturated heterocycles. The molecule has 0 saturated carbocycles. The number of hydrogen-bond acceptors (Lipinski definition) is 4. The Bertz CT molecular complexity index is 252. The Morgan fingerprint density at radius 3 is 3.12 bits per heavy atom. The normalized spacial score (nSPS) is 27.1. The highest BCUT2D eigenvalue weighted by Gasteiger charge is 2.27. The summed E-state index contributed by atoms with van der Waals surface area (Å²) in [6, 6.07) is 0.535. The molecule has 4 heteroatoms. The fourth-order valence-corrected chi connectivity index (χ4v) is 5.20. The molecule has 0 aromatic carbocycles. The maximum atomic E-state index is 5.52. The van der Waals surface area contributed by atoms with Gasteiger partial charge < -0.3 is 10.1 Å². The Balaban J connectivity index is 1.97. The van der Waals surface area contributed by atoms with Crippen molar-refractivity contribution in [3.8, 4) is 0 Å². The van der Waals surface area contributed by atoms with Crippen molar-refractivity contribution >= 4 is 23.5 Å². The number of nitrogens with one attached hydrogen (secondary N) is 1. The summed E-state index contributed by atoms with van der Waals surface area (Å²) in [7, 11) is 0. The van der Waals surface area contributed by atoms with Gasteiger partial charge in [0.1, 0.15) is 0 Å². The second kappa shape index (κ2) is 7.59. The second-order valence-corrected chi connectivity index (χ2v) is 7.08. The summed E-state index contributed by atoms with van der Waals surface area (Å²) in [6.07, 6.45) is 5.62. The molecule has 0 aromatic heterocycles. The van der Waals surface area contributed by atoms with Crippen LogP contribution in [-0.4, -0.2) is 41.7 Å². The summed E-state index contributed by atoms with van der Waals surface area (Å²) in [5.41, 5.74) is 1.49. The first-order valence-electron chi connectivity index (χ1n) is 6.65. The molecule has 0 spiro atoms. The third kappa shape index (κ3) is 4.11. The molecule has 2 atom stereocenters. The molecule has 0 radical (unpaired) electrons. The van der Waals surface area contributed by atoms with E-state index in [1.165, 1.54) is 42.1 Å². The van der Waals surface area contributed by atoms with Crippen LogP contribution in [0.3, 0.4) is 0 Å². The zero-order valence-electron chi connectivity index (χ0n) is 10.6. The van der Waals surface area contributed by atoms with Gasteiger partial charge in [-0.1, -0.05) is 6.92 Å². The van der Waals surface area contributed by atoms with E-state index in [2.05, 4.69) is 35.8 Å². The highest BCUT2D eigenvalue weighted by Crippen LogP contribution is 2.31. The minimum absolute atomic E-state index is 0.535. The van der Waals surface area contributed by atoms with Gasteiger partial charge in [0.15, 0.2) is 0 Å². The van der Waals surface area contributed by atoms with Crippen LogP contribution < -0.4 is 5.32 Å². The van der Waals surface area contributed by atoms with E-state index in [0.717, 1.165) is 18.4 Å². The number of thioether (sulfide) groups is 2. The summed E-state index contributed by atoms with van der Waals surface area (Å²) >= 11 is 4.24. The van der Waals surface area contributed by atoms with Gasteiger partial charge >= 0.3 is 0 Å². The van der Waals surface area contributed by atoms with Crippen molar-refractivity contribution in [3.05, 3.63) is 11.8 Å². The summed E-state index contributed by atoms with van der Waals surface area (Å²) in [6.45, 7) is 4.25. The number of rotatable bonds is 5. The van der Waals surface area contributed by atoms with Crippen LogP contribution in [0.1, 0.15) is 26.2 Å². The van der Waals surface area contributed by atoms with Gasteiger partial charge in [-0.25, -0.2) is 0 Å². The van der Waals surface area contributed by atoms with Gasteiger partial charge in [-0.3, -0.25) is 0 Å². The molecule has 0 aromatic rings. The first-order chi connectivity index (χ1) is 8.42. The molecule has 1 N–H and O–H groups in total. The largest absolute Gasteiger partial charge is 0.501 e. The van der Waals surface area contributed by atoms with E-state index in [0.29, 0.717) is 6.04 Å². The average Bonchev–Trinajstić information content (AvgIpc) is 2.42. The van der Waals surface area contributed by atoms with Crippen LogP contribution in [-0.2, 0) is 4.74 Å². The van der Waals surface area contributed by atoms with Crippen molar-refractivity contribution in [3.63, 3.8) is 0 Å². The molecule has 98 valence electrons. The maximum absolute atomic E-state index is 5.52. The van der Waals surface area contributed by atoms with Crippen molar-refractivity contribution in [2.75, 3.05) is 30.4 Å². The molecule has 2 aliphatic rings. The van der Waals surface area contributed by atoms with Gasteiger partial charge in [-0.15, -0.1) is 0 Å². The van der Waals surface area contributed by atoms with Crippen LogP contribution in [0.5, 0.6) is 0 Å². The molecule has 2 unspecified atom stereocenters. The standard InChI is InChI=1S/C13H23NOS2/c1-2-5-14-13(11-4-3-6-15-9-11)12-10-16-7-8-17-12/h9,12-14H,2-8,10H2,1H3. The number of ether oxygens (including phenoxy) is 1. The van der Waals surface area contributed by atoms with Crippen LogP contribution in [0.4, 0.5) is 0 Å². The molecule has 17 heavy (non-hydrogen) atoms. The lowest BCUT2D eigenvalue weighted by Gasteiger charge is -2.33. The summed E-state index contributed by atoms with van der Waals surface area (Å²) in [5.74, 6) is 3.90. The number of hydrogen-bond donors (Lipinski definition) is 1. The Labute approximate surface area is 113 Å². The maximum Gasteiger partial charge on any atom is 0.0876 e. The predicted molar refractivity (Wildman–Crippen MR) is 78.9 cm³/mol. The minimum Gasteiger partial charge on any atom is -0.501 e. The van der Waals surface area contributed by atoms with Gasteiger partial charge in [0.25, 0.3) is 0 Å². The van der Waals surface area contributed by atoms with Crippen LogP contribution >= 0.6 is 23.5 Å². The first-order valence-corrected chi connectivity index (χ1v) is 8.85. The molecular weight excluding hydrogens is 250 g/mol. The van der Waals surface area contributed by atoms with E-state index in [1.54, 1.807) is 0 Å². The molecule has 0 aliphatic carbocycles. The lowest BCUT2D eigenvalue weighted by molar-refractivity contribution is 0.219. The van der Waals surface area contributed by atoms with Crippen LogP contribution in [0.15, 0.2) is 11.8 Å². The van der Waals surface area contributed by atoms with Crippen LogP contribution in [0.2, 0.25) is 0 Å². The lowest BCUT2D eigenvalue weighted by atomic mass is 9.99. The van der Waals surface area contributed by atoms with Crippen LogP contribution in [0.25, 0.3) is 0 Å². The SMILES string of the molecule is CCCNC(C1=COCCC1)C1CSCCS1. The topological polar surface area (TPSA) is 21.3 Å². The van der Waals surface area contributed by atoms with Crippen molar-refractivity contribution < 1.29 is 4.74 Å². The van der Waals surface area contributed by atoms with E-state index in [9.17, 15) is 0 Å². The van der Waals surface area contributed by atoms with E-state index in [4.69, 9.17) is 4.74 Å². The fraction of sp³-hybridized carbons (Fsp3) is 0.846. The van der Waals surface area contributed by atoms with E-state index >= 15 is 0 Å². The molecule has 2 aliphatic heterocycles. The Morgan fingerprint density at radius 1 is 1.53 bits per heavy atom. The molecule has 0 bridgehead atoms. The van der Waals surface area contributed by atoms with Gasteiger partial charge in [-0.05, 0) is 31.4 Å². The van der Waals surface area contributed by atoms with Gasteiger partial charge in [-0.2, -0.15) is 23.5 Å². The molecular formula is C13H23NOS2. The van der Waals surface area contributed by atoms with E-state index in [1.807, 2.05) is 6.26 Å². The van der Waals surface area contributed by atoms with Crippen molar-refractivity contribution in [2.24, 2.45) is 0 Å². The zero-order chi connectivity index (χ0) is 11.9. The zero-order valence-corrected chi connectivity index (χ0v) is 12.2. The Kier molecular flexibility index (Phi) is 6.09. The predicted octanol–water partition coefficient (Wildman–Crippen LogP) is 2.90. The lowest BCUT2D eigenvalue weighted by Crippen LogP contribution is -2.43. The Hall–Kier alpha value is 0.200. The fourth-order valence-electron chi connectivity index (χ4n) is 2.31. The molecule has 2 heterocycles. The smallest absolute Gasteiger partial charge is 0.0876 e. The third-order valence-corrected chi connectivity index (χ3v) is 6.05. The first kappa shape index (κ1) is 13.6. The highest BCUT2D eigenvalue weighted by molar-refractivity contribution is 8.06. The molecule has 2 nitrogen and oxygen atoms in total. The van der Waals surface area contributed by atoms with Crippen molar-refractivity contribution in [1.29, 1.82) is 0 Å². The minimum atomic E-state index is 0.535.